The molecule has 0 spiro atoms. The molecule has 3 aromatic rings. The molecule has 0 aliphatic rings. The number of para-hydroxylation sites is 1. The predicted molar refractivity (Wildman–Crippen MR) is 84.7 cm³/mol. The Hall–Kier alpha value is -2.29. The van der Waals surface area contributed by atoms with Gasteiger partial charge in [0.15, 0.2) is 4.77 Å². The number of nitriles is 1. The van der Waals surface area contributed by atoms with E-state index in [0.717, 1.165) is 11.0 Å². The van der Waals surface area contributed by atoms with E-state index in [2.05, 4.69) is 11.1 Å². The van der Waals surface area contributed by atoms with Gasteiger partial charge in [-0.2, -0.15) is 5.26 Å². The molecule has 0 atom stereocenters. The predicted octanol–water partition coefficient (Wildman–Crippen LogP) is 4.22. The second-order valence-electron chi connectivity index (χ2n) is 4.40. The van der Waals surface area contributed by atoms with Crippen molar-refractivity contribution >= 4 is 34.9 Å². The van der Waals surface area contributed by atoms with Crippen LogP contribution in [0.3, 0.4) is 0 Å². The van der Waals surface area contributed by atoms with Crippen LogP contribution in [-0.4, -0.2) is 16.7 Å². The summed E-state index contributed by atoms with van der Waals surface area (Å²) in [6, 6.07) is 12.9. The fraction of sp³-hybridized carbons (Fsp3) is 0.0667. The van der Waals surface area contributed by atoms with E-state index < -0.39 is 0 Å². The van der Waals surface area contributed by atoms with Gasteiger partial charge in [0.2, 0.25) is 0 Å². The molecular weight excluding hydrogens is 306 g/mol. The minimum absolute atomic E-state index is 0.478. The van der Waals surface area contributed by atoms with Gasteiger partial charge in [-0.05, 0) is 42.5 Å². The summed E-state index contributed by atoms with van der Waals surface area (Å²) in [7, 11) is 1.56. The zero-order chi connectivity index (χ0) is 15.0. The number of aromatic amines is 1. The number of H-pyrrole nitrogens is 1. The number of ether oxygens (including phenoxy) is 1. The third-order valence-corrected chi connectivity index (χ3v) is 3.73. The lowest BCUT2D eigenvalue weighted by Gasteiger charge is -2.12. The molecule has 0 saturated carbocycles. The van der Waals surface area contributed by atoms with Crippen LogP contribution in [0.25, 0.3) is 16.7 Å². The molecule has 3 rings (SSSR count). The van der Waals surface area contributed by atoms with Gasteiger partial charge in [-0.15, -0.1) is 0 Å². The van der Waals surface area contributed by atoms with Crippen molar-refractivity contribution in [3.8, 4) is 17.5 Å². The van der Waals surface area contributed by atoms with E-state index in [4.69, 9.17) is 28.6 Å². The van der Waals surface area contributed by atoms with Crippen molar-refractivity contribution in [2.24, 2.45) is 0 Å². The zero-order valence-corrected chi connectivity index (χ0v) is 12.6. The first-order valence-corrected chi connectivity index (χ1v) is 6.92. The van der Waals surface area contributed by atoms with Crippen LogP contribution in [0.2, 0.25) is 5.02 Å². The third-order valence-electron chi connectivity index (χ3n) is 3.21. The van der Waals surface area contributed by atoms with Crippen molar-refractivity contribution in [2.45, 2.75) is 0 Å². The van der Waals surface area contributed by atoms with Crippen LogP contribution in [0.4, 0.5) is 0 Å². The van der Waals surface area contributed by atoms with Crippen molar-refractivity contribution in [3.05, 3.63) is 51.8 Å². The Bertz CT molecular complexity index is 936. The number of benzene rings is 2. The first-order chi connectivity index (χ1) is 10.2. The monoisotopic (exact) mass is 315 g/mol. The molecule has 1 heterocycles. The highest BCUT2D eigenvalue weighted by molar-refractivity contribution is 7.71. The van der Waals surface area contributed by atoms with Crippen molar-refractivity contribution in [3.63, 3.8) is 0 Å². The van der Waals surface area contributed by atoms with Gasteiger partial charge in [-0.3, -0.25) is 4.57 Å². The molecule has 0 radical (unpaired) electrons. The van der Waals surface area contributed by atoms with Crippen molar-refractivity contribution in [1.29, 1.82) is 5.26 Å². The Morgan fingerprint density at radius 2 is 2.14 bits per heavy atom. The fourth-order valence-corrected chi connectivity index (χ4v) is 2.77. The average molecular weight is 316 g/mol. The second kappa shape index (κ2) is 5.24. The van der Waals surface area contributed by atoms with E-state index in [9.17, 15) is 5.26 Å². The maximum atomic E-state index is 9.37. The maximum Gasteiger partial charge on any atom is 0.182 e. The molecule has 0 unspecified atom stereocenters. The van der Waals surface area contributed by atoms with Crippen LogP contribution in [0.5, 0.6) is 5.75 Å². The minimum atomic E-state index is 0.478. The molecule has 2 aromatic carbocycles. The minimum Gasteiger partial charge on any atom is -0.495 e. The summed E-state index contributed by atoms with van der Waals surface area (Å²) in [5.41, 5.74) is 2.74. The van der Waals surface area contributed by atoms with Gasteiger partial charge >= 0.3 is 0 Å². The van der Waals surface area contributed by atoms with Crippen molar-refractivity contribution in [1.82, 2.24) is 9.55 Å². The summed E-state index contributed by atoms with van der Waals surface area (Å²) >= 11 is 11.5. The smallest absolute Gasteiger partial charge is 0.182 e. The van der Waals surface area contributed by atoms with Crippen LogP contribution in [-0.2, 0) is 0 Å². The molecule has 21 heavy (non-hydrogen) atoms. The highest BCUT2D eigenvalue weighted by Crippen LogP contribution is 2.31. The summed E-state index contributed by atoms with van der Waals surface area (Å²) in [6.07, 6.45) is 0. The Balaban J connectivity index is 2.47. The molecule has 0 aliphatic carbocycles. The van der Waals surface area contributed by atoms with E-state index in [1.807, 2.05) is 6.07 Å². The molecule has 104 valence electrons. The van der Waals surface area contributed by atoms with Crippen LogP contribution < -0.4 is 4.74 Å². The van der Waals surface area contributed by atoms with Crippen LogP contribution in [0.15, 0.2) is 36.4 Å². The van der Waals surface area contributed by atoms with Crippen molar-refractivity contribution < 1.29 is 4.74 Å². The van der Waals surface area contributed by atoms with Gasteiger partial charge < -0.3 is 9.72 Å². The molecule has 0 bridgehead atoms. The molecule has 4 nitrogen and oxygen atoms in total. The topological polar surface area (TPSA) is 53.7 Å². The first kappa shape index (κ1) is 13.7. The van der Waals surface area contributed by atoms with Gasteiger partial charge in [-0.1, -0.05) is 17.7 Å². The van der Waals surface area contributed by atoms with E-state index in [-0.39, 0.29) is 0 Å². The third kappa shape index (κ3) is 2.19. The Morgan fingerprint density at radius 1 is 1.33 bits per heavy atom. The number of nitrogens with zero attached hydrogens (tertiary/aromatic N) is 2. The molecule has 0 amide bonds. The molecule has 0 aliphatic heterocycles. The number of aromatic nitrogens is 2. The van der Waals surface area contributed by atoms with Gasteiger partial charge in [0.05, 0.1) is 23.7 Å². The number of halogens is 1. The normalized spacial score (nSPS) is 10.5. The lowest BCUT2D eigenvalue weighted by atomic mass is 10.1. The molecule has 0 fully saturated rings. The molecule has 1 aromatic heterocycles. The number of hydrogen-bond acceptors (Lipinski definition) is 3. The number of hydrogen-bond donors (Lipinski definition) is 1. The summed E-state index contributed by atoms with van der Waals surface area (Å²) in [4.78, 5) is 3.11. The summed E-state index contributed by atoms with van der Waals surface area (Å²) in [6.45, 7) is 0. The standard InChI is InChI=1S/C15H10ClN3OS/c1-20-13-4-2-3-9(8-17)14(13)19-12-7-10(16)5-6-11(12)18-15(19)21/h2-7H,1H3,(H,18,21). The fourth-order valence-electron chi connectivity index (χ4n) is 2.31. The highest BCUT2D eigenvalue weighted by atomic mass is 35.5. The summed E-state index contributed by atoms with van der Waals surface area (Å²) < 4.78 is 7.63. The molecular formula is C15H10ClN3OS. The summed E-state index contributed by atoms with van der Waals surface area (Å²) in [5.74, 6) is 0.575. The van der Waals surface area contributed by atoms with Crippen LogP contribution in [0, 0.1) is 16.1 Å². The summed E-state index contributed by atoms with van der Waals surface area (Å²) in [5, 5.41) is 9.96. The number of rotatable bonds is 2. The molecule has 6 heteroatoms. The van der Waals surface area contributed by atoms with Crippen LogP contribution >= 0.6 is 23.8 Å². The maximum absolute atomic E-state index is 9.37. The van der Waals surface area contributed by atoms with E-state index >= 15 is 0 Å². The molecule has 1 N–H and O–H groups in total. The number of methoxy groups -OCH3 is 1. The second-order valence-corrected chi connectivity index (χ2v) is 5.22. The Labute approximate surface area is 131 Å². The highest BCUT2D eigenvalue weighted by Gasteiger charge is 2.15. The quantitative estimate of drug-likeness (QED) is 0.720. The van der Waals surface area contributed by atoms with E-state index in [1.165, 1.54) is 0 Å². The number of fused-ring (bicyclic) bond motifs is 1. The van der Waals surface area contributed by atoms with E-state index in [0.29, 0.717) is 26.8 Å². The van der Waals surface area contributed by atoms with Crippen LogP contribution in [0.1, 0.15) is 5.56 Å². The molecule has 0 saturated heterocycles. The van der Waals surface area contributed by atoms with Gasteiger partial charge in [-0.25, -0.2) is 0 Å². The Morgan fingerprint density at radius 3 is 2.86 bits per heavy atom. The van der Waals surface area contributed by atoms with Crippen molar-refractivity contribution in [2.75, 3.05) is 7.11 Å². The lowest BCUT2D eigenvalue weighted by molar-refractivity contribution is 0.413. The van der Waals surface area contributed by atoms with Gasteiger partial charge in [0, 0.05) is 5.02 Å². The SMILES string of the molecule is COc1cccc(C#N)c1-n1c(=S)[nH]c2ccc(Cl)cc21. The first-order valence-electron chi connectivity index (χ1n) is 6.13. The number of nitrogens with one attached hydrogen (secondary N) is 1. The van der Waals surface area contributed by atoms with Gasteiger partial charge in [0.25, 0.3) is 0 Å². The Kier molecular flexibility index (Phi) is 3.42. The average Bonchev–Trinajstić information content (AvgIpc) is 2.81. The zero-order valence-electron chi connectivity index (χ0n) is 11.1. The van der Waals surface area contributed by atoms with E-state index in [1.54, 1.807) is 42.0 Å². The number of imidazole rings is 1. The lowest BCUT2D eigenvalue weighted by Crippen LogP contribution is -2.01. The van der Waals surface area contributed by atoms with Gasteiger partial charge in [0.1, 0.15) is 17.5 Å². The largest absolute Gasteiger partial charge is 0.495 e.